The molecule has 0 aliphatic rings. The number of nitrogens with one attached hydrogen (secondary N) is 2. The van der Waals surface area contributed by atoms with E-state index in [2.05, 4.69) is 10.6 Å². The molecule has 0 aromatic heterocycles. The zero-order chi connectivity index (χ0) is 14.0. The highest BCUT2D eigenvalue weighted by Crippen LogP contribution is 2.12. The Labute approximate surface area is 109 Å². The van der Waals surface area contributed by atoms with Crippen molar-refractivity contribution in [2.75, 3.05) is 19.7 Å². The van der Waals surface area contributed by atoms with Crippen molar-refractivity contribution in [2.45, 2.75) is 46.5 Å². The van der Waals surface area contributed by atoms with Crippen LogP contribution in [0.5, 0.6) is 0 Å². The van der Waals surface area contributed by atoms with Crippen molar-refractivity contribution < 1.29 is 14.7 Å². The molecular weight excluding hydrogens is 232 g/mol. The third kappa shape index (κ3) is 8.98. The van der Waals surface area contributed by atoms with Crippen molar-refractivity contribution >= 4 is 11.8 Å². The van der Waals surface area contributed by atoms with Gasteiger partial charge in [-0.2, -0.15) is 0 Å². The Hall–Kier alpha value is -1.10. The normalized spacial score (nSPS) is 11.1. The first kappa shape index (κ1) is 16.9. The summed E-state index contributed by atoms with van der Waals surface area (Å²) in [6, 6.07) is 0. The van der Waals surface area contributed by atoms with Crippen molar-refractivity contribution in [3.05, 3.63) is 0 Å². The van der Waals surface area contributed by atoms with Gasteiger partial charge < -0.3 is 15.7 Å². The Balaban J connectivity index is 3.49. The molecule has 0 aliphatic heterocycles. The number of hydrogen-bond donors (Lipinski definition) is 3. The Morgan fingerprint density at radius 1 is 1.00 bits per heavy atom. The quantitative estimate of drug-likeness (QED) is 0.564. The Bertz CT molecular complexity index is 259. The van der Waals surface area contributed by atoms with Crippen molar-refractivity contribution in [3.8, 4) is 0 Å². The molecule has 0 fully saturated rings. The topological polar surface area (TPSA) is 78.4 Å². The second-order valence-electron chi connectivity index (χ2n) is 5.39. The first-order valence-corrected chi connectivity index (χ1v) is 6.54. The molecule has 0 aromatic rings. The van der Waals surface area contributed by atoms with Crippen molar-refractivity contribution in [3.63, 3.8) is 0 Å². The van der Waals surface area contributed by atoms with E-state index < -0.39 is 0 Å². The van der Waals surface area contributed by atoms with Gasteiger partial charge in [0.1, 0.15) is 0 Å². The standard InChI is InChI=1S/C13H26N2O3/c1-13(2,3)12(18)15-9-6-7-11(17)14-8-4-5-10-16/h16H,4-10H2,1-3H3,(H,14,17)(H,15,18). The van der Waals surface area contributed by atoms with Gasteiger partial charge >= 0.3 is 0 Å². The number of unbranched alkanes of at least 4 members (excludes halogenated alkanes) is 1. The Morgan fingerprint density at radius 2 is 1.61 bits per heavy atom. The second-order valence-corrected chi connectivity index (χ2v) is 5.39. The minimum Gasteiger partial charge on any atom is -0.396 e. The number of rotatable bonds is 8. The first-order valence-electron chi connectivity index (χ1n) is 6.54. The minimum absolute atomic E-state index is 0.00190. The fourth-order valence-corrected chi connectivity index (χ4v) is 1.27. The largest absolute Gasteiger partial charge is 0.396 e. The zero-order valence-electron chi connectivity index (χ0n) is 11.7. The Kier molecular flexibility index (Phi) is 8.37. The molecule has 5 nitrogen and oxygen atoms in total. The van der Waals surface area contributed by atoms with Crippen LogP contribution in [0.2, 0.25) is 0 Å². The molecule has 5 heteroatoms. The van der Waals surface area contributed by atoms with Crippen LogP contribution in [0.15, 0.2) is 0 Å². The van der Waals surface area contributed by atoms with E-state index in [4.69, 9.17) is 5.11 Å². The van der Waals surface area contributed by atoms with E-state index in [1.807, 2.05) is 20.8 Å². The maximum Gasteiger partial charge on any atom is 0.225 e. The van der Waals surface area contributed by atoms with Gasteiger partial charge in [0.25, 0.3) is 0 Å². The maximum atomic E-state index is 11.5. The average Bonchev–Trinajstić information content (AvgIpc) is 2.28. The maximum absolute atomic E-state index is 11.5. The molecule has 0 spiro atoms. The fraction of sp³-hybridized carbons (Fsp3) is 0.846. The molecule has 0 bridgehead atoms. The highest BCUT2D eigenvalue weighted by atomic mass is 16.3. The summed E-state index contributed by atoms with van der Waals surface area (Å²) in [5.74, 6) is 0.00352. The van der Waals surface area contributed by atoms with E-state index in [0.717, 1.165) is 6.42 Å². The third-order valence-corrected chi connectivity index (χ3v) is 2.45. The van der Waals surface area contributed by atoms with Gasteiger partial charge in [0.2, 0.25) is 11.8 Å². The predicted octanol–water partition coefficient (Wildman–Crippen LogP) is 0.818. The van der Waals surface area contributed by atoms with Crippen LogP contribution in [-0.2, 0) is 9.59 Å². The van der Waals surface area contributed by atoms with Gasteiger partial charge in [-0.15, -0.1) is 0 Å². The molecule has 106 valence electrons. The number of carbonyl (C=O) groups is 2. The summed E-state index contributed by atoms with van der Waals surface area (Å²) in [4.78, 5) is 22.9. The van der Waals surface area contributed by atoms with Crippen LogP contribution in [0.25, 0.3) is 0 Å². The van der Waals surface area contributed by atoms with Crippen LogP contribution in [0.1, 0.15) is 46.5 Å². The molecule has 0 saturated heterocycles. The number of aliphatic hydroxyl groups is 1. The molecule has 0 atom stereocenters. The molecule has 0 aliphatic carbocycles. The summed E-state index contributed by atoms with van der Waals surface area (Å²) in [7, 11) is 0. The first-order chi connectivity index (χ1) is 8.38. The van der Waals surface area contributed by atoms with Gasteiger partial charge in [-0.25, -0.2) is 0 Å². The molecule has 0 heterocycles. The third-order valence-electron chi connectivity index (χ3n) is 2.45. The number of carbonyl (C=O) groups excluding carboxylic acids is 2. The smallest absolute Gasteiger partial charge is 0.225 e. The molecule has 2 amide bonds. The van der Waals surface area contributed by atoms with Crippen LogP contribution in [0, 0.1) is 5.41 Å². The van der Waals surface area contributed by atoms with E-state index in [9.17, 15) is 9.59 Å². The van der Waals surface area contributed by atoms with Crippen LogP contribution in [0.4, 0.5) is 0 Å². The number of amides is 2. The summed E-state index contributed by atoms with van der Waals surface area (Å²) in [5, 5.41) is 14.1. The molecule has 0 saturated carbocycles. The predicted molar refractivity (Wildman–Crippen MR) is 71.0 cm³/mol. The average molecular weight is 258 g/mol. The fourth-order valence-electron chi connectivity index (χ4n) is 1.27. The van der Waals surface area contributed by atoms with Crippen LogP contribution >= 0.6 is 0 Å². The van der Waals surface area contributed by atoms with Crippen LogP contribution in [-0.4, -0.2) is 36.6 Å². The van der Waals surface area contributed by atoms with Crippen LogP contribution < -0.4 is 10.6 Å². The van der Waals surface area contributed by atoms with Gasteiger partial charge in [-0.1, -0.05) is 20.8 Å². The molecule has 0 unspecified atom stereocenters. The lowest BCUT2D eigenvalue weighted by Gasteiger charge is -2.17. The zero-order valence-corrected chi connectivity index (χ0v) is 11.7. The van der Waals surface area contributed by atoms with E-state index in [1.54, 1.807) is 0 Å². The number of hydrogen-bond acceptors (Lipinski definition) is 3. The molecule has 0 aromatic carbocycles. The summed E-state index contributed by atoms with van der Waals surface area (Å²) in [6.45, 7) is 6.87. The summed E-state index contributed by atoms with van der Waals surface area (Å²) < 4.78 is 0. The molecular formula is C13H26N2O3. The molecule has 18 heavy (non-hydrogen) atoms. The highest BCUT2D eigenvalue weighted by Gasteiger charge is 2.20. The van der Waals surface area contributed by atoms with Crippen molar-refractivity contribution in [1.82, 2.24) is 10.6 Å². The SMILES string of the molecule is CC(C)(C)C(=O)NCCCC(=O)NCCCCO. The van der Waals surface area contributed by atoms with E-state index in [0.29, 0.717) is 32.4 Å². The molecule has 3 N–H and O–H groups in total. The van der Waals surface area contributed by atoms with E-state index in [1.165, 1.54) is 0 Å². The highest BCUT2D eigenvalue weighted by molar-refractivity contribution is 5.81. The van der Waals surface area contributed by atoms with Gasteiger partial charge in [0.15, 0.2) is 0 Å². The minimum atomic E-state index is -0.382. The van der Waals surface area contributed by atoms with Gasteiger partial charge in [0.05, 0.1) is 0 Å². The van der Waals surface area contributed by atoms with Crippen molar-refractivity contribution in [2.24, 2.45) is 5.41 Å². The second kappa shape index (κ2) is 8.91. The Morgan fingerprint density at radius 3 is 2.17 bits per heavy atom. The summed E-state index contributed by atoms with van der Waals surface area (Å²) >= 11 is 0. The van der Waals surface area contributed by atoms with Gasteiger partial charge in [0, 0.05) is 31.5 Å². The van der Waals surface area contributed by atoms with E-state index >= 15 is 0 Å². The van der Waals surface area contributed by atoms with Crippen molar-refractivity contribution in [1.29, 1.82) is 0 Å². The van der Waals surface area contributed by atoms with Gasteiger partial charge in [-0.05, 0) is 19.3 Å². The monoisotopic (exact) mass is 258 g/mol. The lowest BCUT2D eigenvalue weighted by atomic mass is 9.96. The molecule has 0 rings (SSSR count). The summed E-state index contributed by atoms with van der Waals surface area (Å²) in [6.07, 6.45) is 2.57. The number of aliphatic hydroxyl groups excluding tert-OH is 1. The lowest BCUT2D eigenvalue weighted by molar-refractivity contribution is -0.128. The summed E-state index contributed by atoms with van der Waals surface area (Å²) in [5.41, 5.74) is -0.382. The van der Waals surface area contributed by atoms with Crippen LogP contribution in [0.3, 0.4) is 0 Å². The lowest BCUT2D eigenvalue weighted by Crippen LogP contribution is -2.35. The van der Waals surface area contributed by atoms with E-state index in [-0.39, 0.29) is 23.8 Å². The van der Waals surface area contributed by atoms with Gasteiger partial charge in [-0.3, -0.25) is 9.59 Å². The molecule has 0 radical (unpaired) electrons.